The molecule has 3 nitrogen and oxygen atoms in total. The molecule has 22 heteroatoms. The highest BCUT2D eigenvalue weighted by Crippen LogP contribution is 2.64. The molecule has 2 aromatic rings. The number of thiazole rings is 1. The molecule has 0 radical (unpaired) electrons. The van der Waals surface area contributed by atoms with Crippen LogP contribution < -0.4 is 5.32 Å². The Bertz CT molecular complexity index is 1220. The van der Waals surface area contributed by atoms with Gasteiger partial charge in [0, 0.05) is 5.02 Å². The van der Waals surface area contributed by atoms with Crippen molar-refractivity contribution in [3.63, 3.8) is 0 Å². The predicted octanol–water partition coefficient (Wildman–Crippen LogP) is 7.90. The second-order valence-corrected chi connectivity index (χ2v) is 8.57. The molecular weight excluding hydrogens is 627 g/mol. The zero-order chi connectivity index (χ0) is 30.1. The van der Waals surface area contributed by atoms with Gasteiger partial charge in [0.1, 0.15) is 0 Å². The zero-order valence-corrected chi connectivity index (χ0v) is 18.4. The molecule has 0 bridgehead atoms. The van der Waals surface area contributed by atoms with Crippen molar-refractivity contribution in [2.24, 2.45) is 0 Å². The van der Waals surface area contributed by atoms with Crippen molar-refractivity contribution in [1.82, 2.24) is 4.98 Å². The van der Waals surface area contributed by atoms with Crippen LogP contribution in [0.3, 0.4) is 0 Å². The van der Waals surface area contributed by atoms with E-state index in [4.69, 9.17) is 11.6 Å². The molecule has 0 saturated carbocycles. The van der Waals surface area contributed by atoms with Gasteiger partial charge in [-0.1, -0.05) is 22.9 Å². The highest BCUT2D eigenvalue weighted by atomic mass is 35.5. The summed E-state index contributed by atoms with van der Waals surface area (Å²) in [6.07, 6.45) is -7.85. The maximum Gasteiger partial charge on any atom is 0.460 e. The number of carbonyl (C=O) groups excluding carboxylic acids is 1. The number of carbonyl (C=O) groups is 1. The molecule has 1 heterocycles. The number of hydrogen-bond donors (Lipinski definition) is 1. The number of aromatic nitrogens is 1. The van der Waals surface area contributed by atoms with Gasteiger partial charge in [0.2, 0.25) is 0 Å². The first-order chi connectivity index (χ1) is 16.6. The molecule has 0 spiro atoms. The Balaban J connectivity index is 2.52. The maximum absolute atomic E-state index is 14.0. The van der Waals surface area contributed by atoms with Crippen LogP contribution in [0.4, 0.5) is 79.8 Å². The van der Waals surface area contributed by atoms with Crippen molar-refractivity contribution < 1.29 is 79.4 Å². The van der Waals surface area contributed by atoms with Crippen LogP contribution in [0.5, 0.6) is 0 Å². The van der Waals surface area contributed by atoms with Crippen molar-refractivity contribution in [1.29, 1.82) is 0 Å². The maximum atomic E-state index is 14.0. The van der Waals surface area contributed by atoms with Crippen LogP contribution in [0.1, 0.15) is 0 Å². The monoisotopic (exact) mass is 630 g/mol. The Morgan fingerprint density at radius 3 is 1.55 bits per heavy atom. The Kier molecular flexibility index (Phi) is 7.43. The molecule has 2 rings (SSSR count). The van der Waals surface area contributed by atoms with E-state index in [9.17, 15) is 79.4 Å². The number of fused-ring (bicyclic) bond motifs is 1. The van der Waals surface area contributed by atoms with Gasteiger partial charge in [0.25, 0.3) is 0 Å². The molecule has 0 unspecified atom stereocenters. The molecule has 0 aliphatic heterocycles. The van der Waals surface area contributed by atoms with E-state index in [1.165, 1.54) is 0 Å². The van der Waals surface area contributed by atoms with E-state index in [0.29, 0.717) is 0 Å². The summed E-state index contributed by atoms with van der Waals surface area (Å²) >= 11 is 5.72. The fraction of sp³-hybridized carbons (Fsp3) is 0.500. The van der Waals surface area contributed by atoms with Crippen LogP contribution >= 0.6 is 22.9 Å². The van der Waals surface area contributed by atoms with Crippen LogP contribution in [-0.2, 0) is 4.79 Å². The fourth-order valence-corrected chi connectivity index (χ4v) is 3.57. The second kappa shape index (κ2) is 8.85. The second-order valence-electron chi connectivity index (χ2n) is 7.10. The quantitative estimate of drug-likeness (QED) is 0.302. The lowest BCUT2D eigenvalue weighted by molar-refractivity contribution is -0.459. The van der Waals surface area contributed by atoms with Gasteiger partial charge in [-0.25, -0.2) is 4.98 Å². The van der Waals surface area contributed by atoms with Gasteiger partial charge >= 0.3 is 53.5 Å². The molecular formula is C16H4ClF17N2OS. The normalized spacial score (nSPS) is 15.2. The summed E-state index contributed by atoms with van der Waals surface area (Å²) < 4.78 is 225. The molecule has 1 amide bonds. The van der Waals surface area contributed by atoms with Crippen LogP contribution in [-0.4, -0.2) is 58.5 Å². The van der Waals surface area contributed by atoms with E-state index in [0.717, 1.165) is 23.5 Å². The minimum atomic E-state index is -8.77. The summed E-state index contributed by atoms with van der Waals surface area (Å²) in [6.45, 7) is 0. The summed E-state index contributed by atoms with van der Waals surface area (Å²) in [7, 11) is 0. The van der Waals surface area contributed by atoms with E-state index in [1.807, 2.05) is 0 Å². The molecule has 0 fully saturated rings. The SMILES string of the molecule is O=C(Nc1nc2ccc(Cl)cc2s1)C(F)(F)C(F)(F)C(F)(F)C(F)(F)C(F)(F)C(F)(F)C(F)(F)C(F)(F)F. The third kappa shape index (κ3) is 4.28. The van der Waals surface area contributed by atoms with Gasteiger partial charge in [0.15, 0.2) is 5.13 Å². The van der Waals surface area contributed by atoms with E-state index in [1.54, 1.807) is 0 Å². The van der Waals surface area contributed by atoms with Crippen LogP contribution in [0.25, 0.3) is 10.2 Å². The smallest absolute Gasteiger partial charge is 0.296 e. The molecule has 0 saturated heterocycles. The minimum Gasteiger partial charge on any atom is -0.296 e. The Morgan fingerprint density at radius 1 is 0.684 bits per heavy atom. The number of nitrogens with one attached hydrogen (secondary N) is 1. The summed E-state index contributed by atoms with van der Waals surface area (Å²) in [5.41, 5.74) is -0.200. The Morgan fingerprint density at radius 2 is 1.11 bits per heavy atom. The first-order valence-electron chi connectivity index (χ1n) is 8.70. The van der Waals surface area contributed by atoms with Crippen LogP contribution in [0.15, 0.2) is 18.2 Å². The highest BCUT2D eigenvalue weighted by molar-refractivity contribution is 7.22. The molecule has 1 N–H and O–H groups in total. The highest BCUT2D eigenvalue weighted by Gasteiger charge is 2.95. The van der Waals surface area contributed by atoms with Gasteiger partial charge in [-0.05, 0) is 18.2 Å². The van der Waals surface area contributed by atoms with E-state index < -0.39 is 58.7 Å². The summed E-state index contributed by atoms with van der Waals surface area (Å²) in [5.74, 6) is -62.0. The number of alkyl halides is 17. The van der Waals surface area contributed by atoms with Crippen LogP contribution in [0, 0.1) is 0 Å². The third-order valence-corrected chi connectivity index (χ3v) is 5.75. The van der Waals surface area contributed by atoms with Crippen LogP contribution in [0.2, 0.25) is 5.02 Å². The average molecular weight is 631 g/mol. The average Bonchev–Trinajstić information content (AvgIpc) is 3.13. The topological polar surface area (TPSA) is 42.0 Å². The van der Waals surface area contributed by atoms with Crippen molar-refractivity contribution >= 4 is 44.2 Å². The Labute approximate surface area is 205 Å². The summed E-state index contributed by atoms with van der Waals surface area (Å²) in [4.78, 5) is 14.9. The number of anilines is 1. The van der Waals surface area contributed by atoms with Gasteiger partial charge in [-0.2, -0.15) is 74.6 Å². The lowest BCUT2D eigenvalue weighted by atomic mass is 9.89. The predicted molar refractivity (Wildman–Crippen MR) is 93.9 cm³/mol. The third-order valence-electron chi connectivity index (χ3n) is 4.58. The molecule has 0 aliphatic rings. The number of rotatable bonds is 8. The minimum absolute atomic E-state index is 0.0356. The van der Waals surface area contributed by atoms with Gasteiger partial charge in [-0.15, -0.1) is 0 Å². The molecule has 1 aromatic carbocycles. The standard InChI is InChI=1S/C16H4ClF17N2OS/c17-4-1-2-5-6(3-4)38-8(35-5)36-7(37)9(18,19)10(20,21)11(22,23)12(24,25)13(26,27)14(28,29)15(30,31)16(32,33)34/h1-3H,(H,35,36,37). The van der Waals surface area contributed by atoms with E-state index in [-0.39, 0.29) is 26.6 Å². The van der Waals surface area contributed by atoms with E-state index in [2.05, 4.69) is 4.98 Å². The van der Waals surface area contributed by atoms with Gasteiger partial charge < -0.3 is 0 Å². The van der Waals surface area contributed by atoms with Gasteiger partial charge in [-0.3, -0.25) is 10.1 Å². The lowest BCUT2D eigenvalue weighted by Gasteiger charge is -2.42. The molecule has 0 atom stereocenters. The van der Waals surface area contributed by atoms with Crippen molar-refractivity contribution in [2.45, 2.75) is 47.6 Å². The van der Waals surface area contributed by atoms with E-state index >= 15 is 0 Å². The fourth-order valence-electron chi connectivity index (χ4n) is 2.43. The Hall–Kier alpha value is -2.32. The number of amides is 1. The summed E-state index contributed by atoms with van der Waals surface area (Å²) in [6, 6.07) is 3.22. The largest absolute Gasteiger partial charge is 0.460 e. The first-order valence-corrected chi connectivity index (χ1v) is 9.89. The molecule has 0 aliphatic carbocycles. The lowest BCUT2D eigenvalue weighted by Crippen LogP contribution is -2.75. The number of benzene rings is 1. The van der Waals surface area contributed by atoms with Crippen molar-refractivity contribution in [3.8, 4) is 0 Å². The first kappa shape index (κ1) is 31.9. The number of halogens is 18. The summed E-state index contributed by atoms with van der Waals surface area (Å²) in [5, 5.41) is -0.414. The number of nitrogens with zero attached hydrogens (tertiary/aromatic N) is 1. The van der Waals surface area contributed by atoms with Crippen molar-refractivity contribution in [2.75, 3.05) is 5.32 Å². The number of hydrogen-bond acceptors (Lipinski definition) is 3. The zero-order valence-electron chi connectivity index (χ0n) is 16.8. The van der Waals surface area contributed by atoms with Crippen molar-refractivity contribution in [3.05, 3.63) is 23.2 Å². The molecule has 38 heavy (non-hydrogen) atoms. The molecule has 1 aromatic heterocycles. The van der Waals surface area contributed by atoms with Gasteiger partial charge in [0.05, 0.1) is 10.2 Å². The molecule has 216 valence electrons.